The van der Waals surface area contributed by atoms with E-state index in [2.05, 4.69) is 11.5 Å². The Labute approximate surface area is 102 Å². The van der Waals surface area contributed by atoms with E-state index in [0.29, 0.717) is 12.0 Å². The fraction of sp³-hybridized carbons (Fsp3) is 0.769. The quantitative estimate of drug-likeness (QED) is 0.874. The van der Waals surface area contributed by atoms with E-state index in [-0.39, 0.29) is 0 Å². The predicted octanol–water partition coefficient (Wildman–Crippen LogP) is 2.26. The number of aromatic nitrogens is 2. The number of hydrogen-bond donors (Lipinski definition) is 1. The van der Waals surface area contributed by atoms with Crippen molar-refractivity contribution in [3.63, 3.8) is 0 Å². The van der Waals surface area contributed by atoms with Crippen LogP contribution in [0.15, 0.2) is 0 Å². The predicted molar refractivity (Wildman–Crippen MR) is 67.1 cm³/mol. The van der Waals surface area contributed by atoms with Gasteiger partial charge in [0, 0.05) is 25.0 Å². The Morgan fingerprint density at radius 2 is 2.24 bits per heavy atom. The molecule has 1 atom stereocenters. The fourth-order valence-corrected chi connectivity index (χ4v) is 2.76. The SMILES string of the molecule is CCc1nc(C2CCCOC2)c(N)n1C1CC1. The standard InChI is InChI=1S/C13H21N3O/c1-2-11-15-12(9-4-3-7-17-8-9)13(14)16(11)10-5-6-10/h9-10H,2-8,14H2,1H3. The van der Waals surface area contributed by atoms with Crippen molar-refractivity contribution in [1.82, 2.24) is 9.55 Å². The zero-order valence-electron chi connectivity index (χ0n) is 10.5. The van der Waals surface area contributed by atoms with Crippen molar-refractivity contribution in [2.24, 2.45) is 0 Å². The van der Waals surface area contributed by atoms with Crippen molar-refractivity contribution in [3.8, 4) is 0 Å². The van der Waals surface area contributed by atoms with Crippen LogP contribution in [-0.2, 0) is 11.2 Å². The van der Waals surface area contributed by atoms with Gasteiger partial charge in [0.05, 0.1) is 12.3 Å². The van der Waals surface area contributed by atoms with E-state index >= 15 is 0 Å². The molecule has 4 heteroatoms. The van der Waals surface area contributed by atoms with Crippen LogP contribution in [-0.4, -0.2) is 22.8 Å². The van der Waals surface area contributed by atoms with E-state index in [1.165, 1.54) is 12.8 Å². The second kappa shape index (κ2) is 4.33. The lowest BCUT2D eigenvalue weighted by molar-refractivity contribution is 0.0796. The summed E-state index contributed by atoms with van der Waals surface area (Å²) in [5.74, 6) is 2.47. The van der Waals surface area contributed by atoms with Gasteiger partial charge in [-0.05, 0) is 25.7 Å². The Morgan fingerprint density at radius 1 is 1.41 bits per heavy atom. The molecule has 0 bridgehead atoms. The van der Waals surface area contributed by atoms with Crippen LogP contribution in [0.1, 0.15) is 56.1 Å². The molecule has 1 saturated carbocycles. The number of ether oxygens (including phenoxy) is 1. The molecule has 2 aliphatic rings. The van der Waals surface area contributed by atoms with E-state index in [1.807, 2.05) is 0 Å². The summed E-state index contributed by atoms with van der Waals surface area (Å²) in [6.07, 6.45) is 5.77. The molecule has 3 rings (SSSR count). The first-order valence-corrected chi connectivity index (χ1v) is 6.75. The highest BCUT2D eigenvalue weighted by Crippen LogP contribution is 2.41. The van der Waals surface area contributed by atoms with Crippen LogP contribution in [0.4, 0.5) is 5.82 Å². The van der Waals surface area contributed by atoms with Crippen LogP contribution in [0, 0.1) is 0 Å². The average molecular weight is 235 g/mol. The Kier molecular flexibility index (Phi) is 2.82. The van der Waals surface area contributed by atoms with E-state index in [4.69, 9.17) is 15.5 Å². The van der Waals surface area contributed by atoms with Gasteiger partial charge >= 0.3 is 0 Å². The van der Waals surface area contributed by atoms with Crippen LogP contribution < -0.4 is 5.73 Å². The Morgan fingerprint density at radius 3 is 2.82 bits per heavy atom. The molecule has 17 heavy (non-hydrogen) atoms. The molecule has 1 unspecified atom stereocenters. The van der Waals surface area contributed by atoms with Gasteiger partial charge in [0.15, 0.2) is 0 Å². The lowest BCUT2D eigenvalue weighted by atomic mass is 9.98. The summed E-state index contributed by atoms with van der Waals surface area (Å²) in [5, 5.41) is 0. The molecule has 2 N–H and O–H groups in total. The number of aryl methyl sites for hydroxylation is 1. The molecule has 0 spiro atoms. The summed E-state index contributed by atoms with van der Waals surface area (Å²) in [6.45, 7) is 3.83. The smallest absolute Gasteiger partial charge is 0.127 e. The highest BCUT2D eigenvalue weighted by molar-refractivity contribution is 5.42. The third-order valence-electron chi connectivity index (χ3n) is 3.82. The van der Waals surface area contributed by atoms with Gasteiger partial charge in [-0.15, -0.1) is 0 Å². The van der Waals surface area contributed by atoms with Crippen molar-refractivity contribution < 1.29 is 4.74 Å². The second-order valence-corrected chi connectivity index (χ2v) is 5.17. The maximum Gasteiger partial charge on any atom is 0.127 e. The molecule has 1 aliphatic carbocycles. The molecule has 1 aromatic heterocycles. The summed E-state index contributed by atoms with van der Waals surface area (Å²) >= 11 is 0. The first-order valence-electron chi connectivity index (χ1n) is 6.75. The summed E-state index contributed by atoms with van der Waals surface area (Å²) in [5.41, 5.74) is 7.39. The van der Waals surface area contributed by atoms with Crippen LogP contribution in [0.2, 0.25) is 0 Å². The van der Waals surface area contributed by atoms with Gasteiger partial charge in [-0.25, -0.2) is 4.98 Å². The van der Waals surface area contributed by atoms with Crippen LogP contribution in [0.5, 0.6) is 0 Å². The minimum absolute atomic E-state index is 0.411. The maximum absolute atomic E-state index is 6.30. The lowest BCUT2D eigenvalue weighted by Gasteiger charge is -2.21. The molecule has 0 aromatic carbocycles. The van der Waals surface area contributed by atoms with E-state index < -0.39 is 0 Å². The first kappa shape index (κ1) is 11.1. The lowest BCUT2D eigenvalue weighted by Crippen LogP contribution is -2.17. The normalized spacial score (nSPS) is 25.1. The fourth-order valence-electron chi connectivity index (χ4n) is 2.76. The Balaban J connectivity index is 1.93. The van der Waals surface area contributed by atoms with Crippen LogP contribution >= 0.6 is 0 Å². The summed E-state index contributed by atoms with van der Waals surface area (Å²) < 4.78 is 7.81. The highest BCUT2D eigenvalue weighted by atomic mass is 16.5. The summed E-state index contributed by atoms with van der Waals surface area (Å²) in [4.78, 5) is 4.77. The molecular weight excluding hydrogens is 214 g/mol. The van der Waals surface area contributed by atoms with Gasteiger partial charge < -0.3 is 15.0 Å². The number of nitrogens with zero attached hydrogens (tertiary/aromatic N) is 2. The van der Waals surface area contributed by atoms with Crippen molar-refractivity contribution >= 4 is 5.82 Å². The zero-order chi connectivity index (χ0) is 11.8. The minimum atomic E-state index is 0.411. The molecule has 94 valence electrons. The Hall–Kier alpha value is -1.03. The van der Waals surface area contributed by atoms with E-state index in [0.717, 1.165) is 49.8 Å². The van der Waals surface area contributed by atoms with Crippen molar-refractivity contribution in [1.29, 1.82) is 0 Å². The van der Waals surface area contributed by atoms with E-state index in [1.54, 1.807) is 0 Å². The van der Waals surface area contributed by atoms with Crippen molar-refractivity contribution in [2.75, 3.05) is 18.9 Å². The van der Waals surface area contributed by atoms with Crippen molar-refractivity contribution in [2.45, 2.75) is 51.0 Å². The monoisotopic (exact) mass is 235 g/mol. The topological polar surface area (TPSA) is 53.1 Å². The number of imidazole rings is 1. The minimum Gasteiger partial charge on any atom is -0.384 e. The van der Waals surface area contributed by atoms with Gasteiger partial charge in [0.25, 0.3) is 0 Å². The second-order valence-electron chi connectivity index (χ2n) is 5.17. The van der Waals surface area contributed by atoms with Gasteiger partial charge in [-0.1, -0.05) is 6.92 Å². The number of nitrogen functional groups attached to an aromatic ring is 1. The molecule has 0 radical (unpaired) electrons. The van der Waals surface area contributed by atoms with Gasteiger partial charge in [-0.3, -0.25) is 0 Å². The summed E-state index contributed by atoms with van der Waals surface area (Å²) in [7, 11) is 0. The van der Waals surface area contributed by atoms with Gasteiger partial charge in [-0.2, -0.15) is 0 Å². The number of anilines is 1. The zero-order valence-corrected chi connectivity index (χ0v) is 10.5. The van der Waals surface area contributed by atoms with Crippen molar-refractivity contribution in [3.05, 3.63) is 11.5 Å². The maximum atomic E-state index is 6.30. The third-order valence-corrected chi connectivity index (χ3v) is 3.82. The van der Waals surface area contributed by atoms with Crippen LogP contribution in [0.3, 0.4) is 0 Å². The molecule has 2 fully saturated rings. The number of hydrogen-bond acceptors (Lipinski definition) is 3. The Bertz CT molecular complexity index is 403. The van der Waals surface area contributed by atoms with Crippen LogP contribution in [0.25, 0.3) is 0 Å². The largest absolute Gasteiger partial charge is 0.384 e. The van der Waals surface area contributed by atoms with Gasteiger partial charge in [0.2, 0.25) is 0 Å². The molecule has 4 nitrogen and oxygen atoms in total. The highest BCUT2D eigenvalue weighted by Gasteiger charge is 2.31. The number of nitrogens with two attached hydrogens (primary N) is 1. The molecule has 2 heterocycles. The van der Waals surface area contributed by atoms with Gasteiger partial charge in [0.1, 0.15) is 11.6 Å². The number of rotatable bonds is 3. The molecule has 1 aliphatic heterocycles. The third kappa shape index (κ3) is 1.95. The molecule has 0 amide bonds. The first-order chi connectivity index (χ1) is 8.31. The van der Waals surface area contributed by atoms with E-state index in [9.17, 15) is 0 Å². The molecule has 1 aromatic rings. The molecule has 1 saturated heterocycles. The molecular formula is C13H21N3O. The average Bonchev–Trinajstić information content (AvgIpc) is 3.14. The summed E-state index contributed by atoms with van der Waals surface area (Å²) in [6, 6.07) is 0.621.